The fourth-order valence-electron chi connectivity index (χ4n) is 2.17. The summed E-state index contributed by atoms with van der Waals surface area (Å²) in [4.78, 5) is 9.69. The molecule has 1 fully saturated rings. The van der Waals surface area contributed by atoms with Gasteiger partial charge in [-0.25, -0.2) is 8.42 Å². The monoisotopic (exact) mass is 349 g/mol. The number of rotatable bonds is 3. The third-order valence-electron chi connectivity index (χ3n) is 3.15. The fraction of sp³-hybridized carbons (Fsp3) is 0.364. The zero-order valence-corrected chi connectivity index (χ0v) is 12.8. The highest BCUT2D eigenvalue weighted by molar-refractivity contribution is 7.89. The Morgan fingerprint density at radius 1 is 1.43 bits per heavy atom. The summed E-state index contributed by atoms with van der Waals surface area (Å²) in [6.45, 7) is 0.174. The van der Waals surface area contributed by atoms with E-state index in [2.05, 4.69) is 0 Å². The van der Waals surface area contributed by atoms with Gasteiger partial charge in [0.1, 0.15) is 21.0 Å². The van der Waals surface area contributed by atoms with Crippen molar-refractivity contribution in [2.24, 2.45) is 0 Å². The van der Waals surface area contributed by atoms with Crippen molar-refractivity contribution in [1.29, 1.82) is 5.26 Å². The lowest BCUT2D eigenvalue weighted by Crippen LogP contribution is -2.34. The van der Waals surface area contributed by atoms with E-state index in [-0.39, 0.29) is 11.6 Å². The third kappa shape index (κ3) is 2.70. The standard InChI is InChI=1S/C11H9Cl2N3O4S/c12-8-3-4-9(10(13)11(8)16(17)18)21(19,20)15-5-1-2-7(15)6-14/h3-4,7H,1-2,5H2. The van der Waals surface area contributed by atoms with Crippen LogP contribution in [-0.4, -0.2) is 30.2 Å². The van der Waals surface area contributed by atoms with E-state index in [0.29, 0.717) is 12.8 Å². The second-order valence-corrected chi connectivity index (χ2v) is 7.01. The van der Waals surface area contributed by atoms with Crippen LogP contribution < -0.4 is 0 Å². The SMILES string of the molecule is N#CC1CCCN1S(=O)(=O)c1ccc(Cl)c([N+](=O)[O-])c1Cl. The maximum absolute atomic E-state index is 12.5. The van der Waals surface area contributed by atoms with Crippen LogP contribution in [-0.2, 0) is 10.0 Å². The first kappa shape index (κ1) is 16.0. The number of nitriles is 1. The lowest BCUT2D eigenvalue weighted by molar-refractivity contribution is -0.384. The number of nitrogens with zero attached hydrogens (tertiary/aromatic N) is 3. The largest absolute Gasteiger partial charge is 0.307 e. The van der Waals surface area contributed by atoms with Crippen LogP contribution in [0.4, 0.5) is 5.69 Å². The minimum absolute atomic E-state index is 0.174. The zero-order chi connectivity index (χ0) is 15.8. The first-order valence-electron chi connectivity index (χ1n) is 5.84. The molecule has 1 unspecified atom stereocenters. The van der Waals surface area contributed by atoms with Gasteiger partial charge in [-0.15, -0.1) is 0 Å². The molecule has 1 aromatic rings. The minimum atomic E-state index is -4.09. The first-order chi connectivity index (χ1) is 9.80. The molecule has 0 aliphatic carbocycles. The molecule has 0 saturated carbocycles. The van der Waals surface area contributed by atoms with E-state index in [1.54, 1.807) is 0 Å². The molecule has 2 rings (SSSR count). The Morgan fingerprint density at radius 3 is 2.67 bits per heavy atom. The Labute approximate surface area is 130 Å². The molecule has 0 N–H and O–H groups in total. The van der Waals surface area contributed by atoms with Gasteiger partial charge in [0.25, 0.3) is 0 Å². The minimum Gasteiger partial charge on any atom is -0.258 e. The lowest BCUT2D eigenvalue weighted by Gasteiger charge is -2.19. The molecule has 0 amide bonds. The third-order valence-corrected chi connectivity index (χ3v) is 5.90. The first-order valence-corrected chi connectivity index (χ1v) is 8.04. The summed E-state index contributed by atoms with van der Waals surface area (Å²) in [5.41, 5.74) is -0.660. The van der Waals surface area contributed by atoms with Crippen molar-refractivity contribution in [2.45, 2.75) is 23.8 Å². The summed E-state index contributed by atoms with van der Waals surface area (Å²) in [6, 6.07) is 3.33. The second kappa shape index (κ2) is 5.77. The molecule has 112 valence electrons. The molecule has 0 spiro atoms. The van der Waals surface area contributed by atoms with Gasteiger partial charge in [-0.05, 0) is 25.0 Å². The van der Waals surface area contributed by atoms with Crippen LogP contribution >= 0.6 is 23.2 Å². The maximum atomic E-state index is 12.5. The molecule has 1 aliphatic heterocycles. The number of nitro benzene ring substituents is 1. The maximum Gasteiger partial charge on any atom is 0.307 e. The van der Waals surface area contributed by atoms with Gasteiger partial charge in [0.15, 0.2) is 0 Å². The second-order valence-electron chi connectivity index (χ2n) is 4.37. The summed E-state index contributed by atoms with van der Waals surface area (Å²) in [7, 11) is -4.09. The molecule has 1 saturated heterocycles. The van der Waals surface area contributed by atoms with Crippen molar-refractivity contribution in [1.82, 2.24) is 4.31 Å². The molecule has 1 heterocycles. The van der Waals surface area contributed by atoms with Crippen molar-refractivity contribution in [2.75, 3.05) is 6.54 Å². The quantitative estimate of drug-likeness (QED) is 0.615. The average Bonchev–Trinajstić information content (AvgIpc) is 2.86. The van der Waals surface area contributed by atoms with Gasteiger partial charge in [-0.1, -0.05) is 23.2 Å². The van der Waals surface area contributed by atoms with Crippen LogP contribution in [0.5, 0.6) is 0 Å². The molecular weight excluding hydrogens is 341 g/mol. The van der Waals surface area contributed by atoms with Crippen LogP contribution in [0.15, 0.2) is 17.0 Å². The topological polar surface area (TPSA) is 104 Å². The van der Waals surface area contributed by atoms with Gasteiger partial charge in [-0.3, -0.25) is 10.1 Å². The van der Waals surface area contributed by atoms with Crippen LogP contribution in [0.2, 0.25) is 10.0 Å². The van der Waals surface area contributed by atoms with E-state index in [4.69, 9.17) is 28.5 Å². The van der Waals surface area contributed by atoms with Crippen molar-refractivity contribution >= 4 is 38.9 Å². The molecule has 0 radical (unpaired) electrons. The molecule has 1 atom stereocenters. The average molecular weight is 350 g/mol. The highest BCUT2D eigenvalue weighted by Crippen LogP contribution is 2.39. The van der Waals surface area contributed by atoms with Gasteiger partial charge in [0, 0.05) is 6.54 Å². The van der Waals surface area contributed by atoms with Crippen molar-refractivity contribution in [3.8, 4) is 6.07 Å². The Morgan fingerprint density at radius 2 is 2.10 bits per heavy atom. The number of hydrogen-bond donors (Lipinski definition) is 0. The predicted octanol–water partition coefficient (Wildman–Crippen LogP) is 2.58. The van der Waals surface area contributed by atoms with E-state index in [1.165, 1.54) is 0 Å². The van der Waals surface area contributed by atoms with Crippen LogP contribution in [0.3, 0.4) is 0 Å². The summed E-state index contributed by atoms with van der Waals surface area (Å²) in [6.07, 6.45) is 0.966. The number of halogens is 2. The van der Waals surface area contributed by atoms with E-state index in [9.17, 15) is 18.5 Å². The number of nitro groups is 1. The molecule has 10 heteroatoms. The highest BCUT2D eigenvalue weighted by Gasteiger charge is 2.38. The molecule has 1 aliphatic rings. The van der Waals surface area contributed by atoms with E-state index in [1.807, 2.05) is 6.07 Å². The lowest BCUT2D eigenvalue weighted by atomic mass is 10.2. The predicted molar refractivity (Wildman–Crippen MR) is 75.6 cm³/mol. The zero-order valence-electron chi connectivity index (χ0n) is 10.5. The van der Waals surface area contributed by atoms with Gasteiger partial charge in [0.05, 0.1) is 11.0 Å². The Hall–Kier alpha value is -1.40. The molecule has 7 nitrogen and oxygen atoms in total. The number of sulfonamides is 1. The van der Waals surface area contributed by atoms with Gasteiger partial charge >= 0.3 is 5.69 Å². The molecule has 0 bridgehead atoms. The van der Waals surface area contributed by atoms with E-state index < -0.39 is 36.6 Å². The molecular formula is C11H9Cl2N3O4S. The van der Waals surface area contributed by atoms with Gasteiger partial charge in [-0.2, -0.15) is 9.57 Å². The summed E-state index contributed by atoms with van der Waals surface area (Å²) >= 11 is 11.5. The summed E-state index contributed by atoms with van der Waals surface area (Å²) < 4.78 is 26.1. The molecule has 1 aromatic carbocycles. The van der Waals surface area contributed by atoms with Crippen molar-refractivity contribution < 1.29 is 13.3 Å². The van der Waals surface area contributed by atoms with Crippen molar-refractivity contribution in [3.63, 3.8) is 0 Å². The van der Waals surface area contributed by atoms with E-state index >= 15 is 0 Å². The number of hydrogen-bond acceptors (Lipinski definition) is 5. The van der Waals surface area contributed by atoms with Crippen LogP contribution in [0.25, 0.3) is 0 Å². The van der Waals surface area contributed by atoms with Gasteiger partial charge < -0.3 is 0 Å². The fourth-order valence-corrected chi connectivity index (χ4v) is 4.65. The smallest absolute Gasteiger partial charge is 0.258 e. The number of benzene rings is 1. The van der Waals surface area contributed by atoms with Crippen LogP contribution in [0.1, 0.15) is 12.8 Å². The summed E-state index contributed by atoms with van der Waals surface area (Å²) in [5, 5.41) is 19.1. The highest BCUT2D eigenvalue weighted by atomic mass is 35.5. The van der Waals surface area contributed by atoms with E-state index in [0.717, 1.165) is 16.4 Å². The Kier molecular flexibility index (Phi) is 4.39. The Bertz CT molecular complexity index is 745. The van der Waals surface area contributed by atoms with Gasteiger partial charge in [0.2, 0.25) is 10.0 Å². The Balaban J connectivity index is 2.59. The molecule has 0 aromatic heterocycles. The summed E-state index contributed by atoms with van der Waals surface area (Å²) in [5.74, 6) is 0. The molecule has 21 heavy (non-hydrogen) atoms. The van der Waals surface area contributed by atoms with Crippen LogP contribution in [0, 0.1) is 21.4 Å². The normalized spacial score (nSPS) is 19.4. The van der Waals surface area contributed by atoms with Crippen molar-refractivity contribution in [3.05, 3.63) is 32.3 Å².